The molecule has 0 aliphatic carbocycles. The minimum atomic E-state index is -2.88. The van der Waals surface area contributed by atoms with Crippen molar-refractivity contribution in [3.8, 4) is 11.1 Å². The van der Waals surface area contributed by atoms with Gasteiger partial charge in [0.1, 0.15) is 0 Å². The second-order valence-electron chi connectivity index (χ2n) is 3.22. The monoisotopic (exact) mass is 186 g/mol. The molecule has 0 radical (unpaired) electrons. The van der Waals surface area contributed by atoms with Crippen LogP contribution in [0.25, 0.3) is 11.1 Å². The lowest BCUT2D eigenvalue weighted by Gasteiger charge is -1.98. The second-order valence-corrected chi connectivity index (χ2v) is 4.54. The fourth-order valence-electron chi connectivity index (χ4n) is 1.80. The summed E-state index contributed by atoms with van der Waals surface area (Å²) in [6.45, 7) is 0. The van der Waals surface area contributed by atoms with Crippen molar-refractivity contribution in [2.75, 3.05) is 0 Å². The normalized spacial score (nSPS) is 18.5. The van der Waals surface area contributed by atoms with Gasteiger partial charge in [0.2, 0.25) is 0 Å². The highest BCUT2D eigenvalue weighted by Crippen LogP contribution is 2.18. The van der Waals surface area contributed by atoms with E-state index in [0.29, 0.717) is 0 Å². The maximum atomic E-state index is 8.26. The van der Waals surface area contributed by atoms with Gasteiger partial charge in [-0.15, -0.1) is 0 Å². The van der Waals surface area contributed by atoms with Gasteiger partial charge in [0.05, 0.1) is 9.38 Å². The predicted molar refractivity (Wildman–Crippen MR) is 59.7 cm³/mol. The highest BCUT2D eigenvalue weighted by molar-refractivity contribution is 6.73. The van der Waals surface area contributed by atoms with Crippen LogP contribution in [0.5, 0.6) is 0 Å². The van der Waals surface area contributed by atoms with Gasteiger partial charge in [-0.3, -0.25) is 0 Å². The van der Waals surface area contributed by atoms with Crippen LogP contribution < -0.4 is 10.4 Å². The SMILES string of the molecule is [3H][Si]1([3H])c2ccccc2-c2ccccc21. The maximum absolute atomic E-state index is 8.26. The molecule has 0 amide bonds. The Morgan fingerprint density at radius 1 is 0.769 bits per heavy atom. The van der Waals surface area contributed by atoms with E-state index in [0.717, 1.165) is 21.5 Å². The third-order valence-corrected chi connectivity index (χ3v) is 3.82. The molecule has 0 aromatic heterocycles. The zero-order chi connectivity index (χ0) is 10.5. The molecule has 3 rings (SSSR count). The van der Waals surface area contributed by atoms with Crippen LogP contribution in [0, 0.1) is 0 Å². The highest BCUT2D eigenvalue weighted by atomic mass is 28.2. The molecule has 2 aromatic rings. The lowest BCUT2D eigenvalue weighted by Crippen LogP contribution is -2.20. The molecule has 0 saturated heterocycles. The molecule has 0 N–H and O–H groups in total. The maximum Gasteiger partial charge on any atom is 0.0891 e. The van der Waals surface area contributed by atoms with E-state index in [-0.39, 0.29) is 0 Å². The first-order chi connectivity index (χ1) is 7.21. The van der Waals surface area contributed by atoms with Crippen LogP contribution in [0.1, 0.15) is 0 Å². The molecule has 1 aliphatic rings. The fourth-order valence-corrected chi connectivity index (χ4v) is 3.15. The number of hydrogen-bond acceptors (Lipinski definition) is 0. The zero-order valence-corrected chi connectivity index (χ0v) is 8.12. The molecule has 0 atom stereocenters. The average Bonchev–Trinajstić information content (AvgIpc) is 2.51. The summed E-state index contributed by atoms with van der Waals surface area (Å²) in [4.78, 5) is 0. The molecule has 1 aliphatic heterocycles. The van der Waals surface area contributed by atoms with E-state index in [1.54, 1.807) is 0 Å². The van der Waals surface area contributed by atoms with Gasteiger partial charge in [-0.05, 0) is 11.1 Å². The first-order valence-electron chi connectivity index (χ1n) is 5.40. The summed E-state index contributed by atoms with van der Waals surface area (Å²) in [5.74, 6) is 0. The van der Waals surface area contributed by atoms with Crippen LogP contribution in [0.15, 0.2) is 48.5 Å². The van der Waals surface area contributed by atoms with E-state index >= 15 is 0 Å². The van der Waals surface area contributed by atoms with Crippen molar-refractivity contribution in [3.05, 3.63) is 48.5 Å². The Morgan fingerprint density at radius 3 is 1.77 bits per heavy atom. The van der Waals surface area contributed by atoms with E-state index in [2.05, 4.69) is 0 Å². The molecule has 0 saturated carbocycles. The van der Waals surface area contributed by atoms with Crippen molar-refractivity contribution in [3.63, 3.8) is 0 Å². The van der Waals surface area contributed by atoms with Crippen LogP contribution in [-0.4, -0.2) is 11.9 Å². The summed E-state index contributed by atoms with van der Waals surface area (Å²) in [5, 5.41) is 1.84. The molecule has 2 aromatic carbocycles. The average molecular weight is 186 g/mol. The Labute approximate surface area is 82.5 Å². The Hall–Kier alpha value is -1.34. The van der Waals surface area contributed by atoms with Gasteiger partial charge in [-0.1, -0.05) is 58.9 Å². The van der Waals surface area contributed by atoms with Crippen LogP contribution in [0.4, 0.5) is 0 Å². The van der Waals surface area contributed by atoms with Crippen molar-refractivity contribution >= 4 is 19.8 Å². The molecule has 1 heterocycles. The summed E-state index contributed by atoms with van der Waals surface area (Å²) in [5.41, 5.74) is 2.18. The molecule has 62 valence electrons. The van der Waals surface area contributed by atoms with Crippen molar-refractivity contribution in [1.82, 2.24) is 0 Å². The molecule has 0 spiro atoms. The first-order valence-corrected chi connectivity index (χ1v) is 5.40. The number of hydrogen-bond donors (Lipinski definition) is 0. The molecular weight excluding hydrogens is 172 g/mol. The molecule has 13 heavy (non-hydrogen) atoms. The molecule has 1 heteroatoms. The van der Waals surface area contributed by atoms with Crippen LogP contribution >= 0.6 is 0 Å². The summed E-state index contributed by atoms with van der Waals surface area (Å²) in [7, 11) is -2.88. The molecule has 0 nitrogen and oxygen atoms in total. The summed E-state index contributed by atoms with van der Waals surface area (Å²) < 4.78 is 16.5. The van der Waals surface area contributed by atoms with Crippen molar-refractivity contribution in [2.45, 2.75) is 0 Å². The van der Waals surface area contributed by atoms with E-state index in [1.165, 1.54) is 0 Å². The quantitative estimate of drug-likeness (QED) is 0.534. The van der Waals surface area contributed by atoms with E-state index < -0.39 is 9.38 Å². The fraction of sp³-hybridized carbons (Fsp3) is 0. The summed E-state index contributed by atoms with van der Waals surface area (Å²) >= 11 is 0. The molecule has 0 bridgehead atoms. The van der Waals surface area contributed by atoms with Gasteiger partial charge >= 0.3 is 0 Å². The third-order valence-electron chi connectivity index (χ3n) is 2.41. The van der Waals surface area contributed by atoms with Crippen molar-refractivity contribution in [2.24, 2.45) is 0 Å². The number of rotatable bonds is 0. The predicted octanol–water partition coefficient (Wildman–Crippen LogP) is 0.787. The van der Waals surface area contributed by atoms with E-state index in [9.17, 15) is 0 Å². The number of benzene rings is 2. The van der Waals surface area contributed by atoms with Gasteiger partial charge in [-0.2, -0.15) is 0 Å². The largest absolute Gasteiger partial charge is 0.0891 e. The molecule has 0 unspecified atom stereocenters. The van der Waals surface area contributed by atoms with Gasteiger partial charge in [-0.25, -0.2) is 0 Å². The Balaban J connectivity index is 2.42. The standard InChI is InChI=1S/C12H10Si/c1-3-7-11-9(5-1)10-6-2-4-8-12(10)13-11/h1-8H,13H2/i13T2. The van der Waals surface area contributed by atoms with Crippen molar-refractivity contribution in [1.29, 1.82) is 2.47 Å². The van der Waals surface area contributed by atoms with Crippen molar-refractivity contribution < 1.29 is 0 Å². The minimum absolute atomic E-state index is 0.922. The van der Waals surface area contributed by atoms with Crippen LogP contribution in [0.2, 0.25) is 0 Å². The third kappa shape index (κ3) is 0.973. The summed E-state index contributed by atoms with van der Waals surface area (Å²) in [6.07, 6.45) is 0. The lowest BCUT2D eigenvalue weighted by molar-refractivity contribution is 1.71. The van der Waals surface area contributed by atoms with Crippen LogP contribution in [0.3, 0.4) is 0 Å². The van der Waals surface area contributed by atoms with E-state index in [4.69, 9.17) is 2.47 Å². The highest BCUT2D eigenvalue weighted by Gasteiger charge is 2.16. The van der Waals surface area contributed by atoms with Gasteiger partial charge in [0.25, 0.3) is 0 Å². The second kappa shape index (κ2) is 2.57. The van der Waals surface area contributed by atoms with E-state index in [1.807, 2.05) is 48.5 Å². The minimum Gasteiger partial charge on any atom is -0.0627 e. The first kappa shape index (κ1) is 5.40. The molecular formula is C12H10Si. The summed E-state index contributed by atoms with van der Waals surface area (Å²) in [6, 6.07) is 15.7. The lowest BCUT2D eigenvalue weighted by atomic mass is 10.1. The Morgan fingerprint density at radius 2 is 1.23 bits per heavy atom. The van der Waals surface area contributed by atoms with Gasteiger partial charge in [0, 0.05) is 2.47 Å². The topological polar surface area (TPSA) is 0 Å². The van der Waals surface area contributed by atoms with Gasteiger partial charge in [0.15, 0.2) is 0 Å². The Bertz CT molecular complexity index is 487. The van der Waals surface area contributed by atoms with Gasteiger partial charge < -0.3 is 0 Å². The van der Waals surface area contributed by atoms with Crippen LogP contribution in [-0.2, 0) is 0 Å². The number of fused-ring (bicyclic) bond motifs is 3. The smallest absolute Gasteiger partial charge is 0.0627 e. The zero-order valence-electron chi connectivity index (χ0n) is 9.12. The Kier molecular flexibility index (Phi) is 1.07. The molecule has 0 fully saturated rings.